The van der Waals surface area contributed by atoms with E-state index in [-0.39, 0.29) is 5.97 Å². The first-order chi connectivity index (χ1) is 7.17. The molecule has 0 unspecified atom stereocenters. The standard InChI is InChI=1S/C10H12N2O2S/c1-4-7-8(9(13)14-3)12-5-6(2)15-10(12)11-7/h5H,4H2,1-3H3. The molecule has 0 saturated carbocycles. The minimum atomic E-state index is -0.322. The molecule has 0 aliphatic rings. The monoisotopic (exact) mass is 224 g/mol. The first-order valence-corrected chi connectivity index (χ1v) is 5.54. The third-order valence-electron chi connectivity index (χ3n) is 2.23. The van der Waals surface area contributed by atoms with Gasteiger partial charge in [0.15, 0.2) is 10.7 Å². The average Bonchev–Trinajstić information content (AvgIpc) is 2.71. The number of ether oxygens (including phenoxy) is 1. The van der Waals surface area contributed by atoms with Gasteiger partial charge in [-0.3, -0.25) is 4.40 Å². The highest BCUT2D eigenvalue weighted by atomic mass is 32.1. The zero-order chi connectivity index (χ0) is 11.0. The fraction of sp³-hybridized carbons (Fsp3) is 0.400. The number of methoxy groups -OCH3 is 1. The first kappa shape index (κ1) is 10.2. The van der Waals surface area contributed by atoms with E-state index in [0.717, 1.165) is 22.0 Å². The second-order valence-corrected chi connectivity index (χ2v) is 4.46. The number of aryl methyl sites for hydroxylation is 2. The topological polar surface area (TPSA) is 43.6 Å². The number of esters is 1. The second-order valence-electron chi connectivity index (χ2n) is 3.25. The maximum absolute atomic E-state index is 11.6. The van der Waals surface area contributed by atoms with Crippen LogP contribution in [0.25, 0.3) is 4.96 Å². The van der Waals surface area contributed by atoms with Crippen molar-refractivity contribution in [3.05, 3.63) is 22.5 Å². The summed E-state index contributed by atoms with van der Waals surface area (Å²) in [7, 11) is 1.39. The summed E-state index contributed by atoms with van der Waals surface area (Å²) in [5, 5.41) is 0. The first-order valence-electron chi connectivity index (χ1n) is 4.73. The normalized spacial score (nSPS) is 10.9. The summed E-state index contributed by atoms with van der Waals surface area (Å²) >= 11 is 1.57. The van der Waals surface area contributed by atoms with Crippen LogP contribution in [0.5, 0.6) is 0 Å². The highest BCUT2D eigenvalue weighted by Gasteiger charge is 2.19. The van der Waals surface area contributed by atoms with E-state index in [1.165, 1.54) is 7.11 Å². The van der Waals surface area contributed by atoms with E-state index in [0.29, 0.717) is 5.69 Å². The van der Waals surface area contributed by atoms with Crippen LogP contribution >= 0.6 is 11.3 Å². The molecule has 0 amide bonds. The quantitative estimate of drug-likeness (QED) is 0.733. The van der Waals surface area contributed by atoms with Gasteiger partial charge >= 0.3 is 5.97 Å². The van der Waals surface area contributed by atoms with Gasteiger partial charge in [-0.05, 0) is 13.3 Å². The van der Waals surface area contributed by atoms with Crippen LogP contribution in [-0.4, -0.2) is 22.5 Å². The third kappa shape index (κ3) is 1.52. The smallest absolute Gasteiger partial charge is 0.357 e. The lowest BCUT2D eigenvalue weighted by molar-refractivity contribution is 0.0591. The largest absolute Gasteiger partial charge is 0.464 e. The number of hydrogen-bond acceptors (Lipinski definition) is 4. The maximum atomic E-state index is 11.6. The molecule has 0 bridgehead atoms. The molecule has 0 aliphatic carbocycles. The summed E-state index contributed by atoms with van der Waals surface area (Å²) in [4.78, 5) is 18.0. The van der Waals surface area contributed by atoms with Crippen LogP contribution in [-0.2, 0) is 11.2 Å². The predicted octanol–water partition coefficient (Wildman–Crippen LogP) is 2.05. The molecular weight excluding hydrogens is 212 g/mol. The van der Waals surface area contributed by atoms with Crippen molar-refractivity contribution in [3.8, 4) is 0 Å². The predicted molar refractivity (Wildman–Crippen MR) is 58.5 cm³/mol. The number of aromatic nitrogens is 2. The number of carbonyl (C=O) groups is 1. The molecule has 0 atom stereocenters. The summed E-state index contributed by atoms with van der Waals surface area (Å²) < 4.78 is 6.57. The summed E-state index contributed by atoms with van der Waals surface area (Å²) in [5.41, 5.74) is 1.35. The number of imidazole rings is 1. The van der Waals surface area contributed by atoms with Crippen LogP contribution < -0.4 is 0 Å². The van der Waals surface area contributed by atoms with Gasteiger partial charge in [0.25, 0.3) is 0 Å². The Labute approximate surface area is 91.5 Å². The molecule has 5 heteroatoms. The number of thiazole rings is 1. The lowest BCUT2D eigenvalue weighted by Crippen LogP contribution is -2.07. The van der Waals surface area contributed by atoms with Gasteiger partial charge in [-0.25, -0.2) is 9.78 Å². The molecule has 2 rings (SSSR count). The zero-order valence-corrected chi connectivity index (χ0v) is 9.72. The van der Waals surface area contributed by atoms with E-state index in [2.05, 4.69) is 4.98 Å². The van der Waals surface area contributed by atoms with Crippen molar-refractivity contribution in [1.82, 2.24) is 9.38 Å². The molecule has 0 spiro atoms. The molecule has 0 fully saturated rings. The molecule has 2 aromatic rings. The Bertz CT molecular complexity index is 513. The van der Waals surface area contributed by atoms with Gasteiger partial charge in [-0.15, -0.1) is 11.3 Å². The lowest BCUT2D eigenvalue weighted by Gasteiger charge is -1.99. The second kappa shape index (κ2) is 3.66. The van der Waals surface area contributed by atoms with E-state index >= 15 is 0 Å². The highest BCUT2D eigenvalue weighted by Crippen LogP contribution is 2.21. The van der Waals surface area contributed by atoms with Gasteiger partial charge in [0.2, 0.25) is 0 Å². The molecule has 80 valence electrons. The minimum Gasteiger partial charge on any atom is -0.464 e. The fourth-order valence-corrected chi connectivity index (χ4v) is 2.40. The van der Waals surface area contributed by atoms with Gasteiger partial charge in [0.05, 0.1) is 12.8 Å². The van der Waals surface area contributed by atoms with Crippen LogP contribution in [0.2, 0.25) is 0 Å². The Balaban J connectivity index is 2.69. The Morgan fingerprint density at radius 1 is 1.67 bits per heavy atom. The van der Waals surface area contributed by atoms with Crippen LogP contribution in [0.3, 0.4) is 0 Å². The number of rotatable bonds is 2. The molecule has 0 aliphatic heterocycles. The van der Waals surface area contributed by atoms with Gasteiger partial charge in [-0.2, -0.15) is 0 Å². The van der Waals surface area contributed by atoms with E-state index in [9.17, 15) is 4.79 Å². The molecule has 15 heavy (non-hydrogen) atoms. The number of carbonyl (C=O) groups excluding carboxylic acids is 1. The van der Waals surface area contributed by atoms with Gasteiger partial charge < -0.3 is 4.74 Å². The SMILES string of the molecule is CCc1nc2sc(C)cn2c1C(=O)OC. The Kier molecular flexibility index (Phi) is 2.48. The van der Waals surface area contributed by atoms with Crippen LogP contribution in [0.4, 0.5) is 0 Å². The molecular formula is C10H12N2O2S. The molecule has 0 N–H and O–H groups in total. The van der Waals surface area contributed by atoms with E-state index < -0.39 is 0 Å². The third-order valence-corrected chi connectivity index (χ3v) is 3.13. The van der Waals surface area contributed by atoms with Gasteiger partial charge in [0.1, 0.15) is 0 Å². The number of fused-ring (bicyclic) bond motifs is 1. The molecule has 0 radical (unpaired) electrons. The van der Waals surface area contributed by atoms with E-state index in [1.807, 2.05) is 24.4 Å². The Morgan fingerprint density at radius 3 is 3.00 bits per heavy atom. The van der Waals surface area contributed by atoms with E-state index in [1.54, 1.807) is 11.3 Å². The zero-order valence-electron chi connectivity index (χ0n) is 8.90. The van der Waals surface area contributed by atoms with E-state index in [4.69, 9.17) is 4.74 Å². The van der Waals surface area contributed by atoms with Crippen LogP contribution in [0.15, 0.2) is 6.20 Å². The maximum Gasteiger partial charge on any atom is 0.357 e. The number of hydrogen-bond donors (Lipinski definition) is 0. The van der Waals surface area contributed by atoms with Crippen molar-refractivity contribution in [2.45, 2.75) is 20.3 Å². The van der Waals surface area contributed by atoms with Crippen LogP contribution in [0, 0.1) is 6.92 Å². The molecule has 2 aromatic heterocycles. The highest BCUT2D eigenvalue weighted by molar-refractivity contribution is 7.17. The van der Waals surface area contributed by atoms with Crippen LogP contribution in [0.1, 0.15) is 28.0 Å². The van der Waals surface area contributed by atoms with Gasteiger partial charge in [-0.1, -0.05) is 6.92 Å². The summed E-state index contributed by atoms with van der Waals surface area (Å²) in [6, 6.07) is 0. The van der Waals surface area contributed by atoms with Crippen molar-refractivity contribution in [1.29, 1.82) is 0 Å². The van der Waals surface area contributed by atoms with Crippen molar-refractivity contribution in [2.24, 2.45) is 0 Å². The summed E-state index contributed by atoms with van der Waals surface area (Å²) in [6.07, 6.45) is 2.65. The van der Waals surface area contributed by atoms with Crippen molar-refractivity contribution < 1.29 is 9.53 Å². The molecule has 0 aromatic carbocycles. The number of nitrogens with zero attached hydrogens (tertiary/aromatic N) is 2. The summed E-state index contributed by atoms with van der Waals surface area (Å²) in [6.45, 7) is 3.97. The lowest BCUT2D eigenvalue weighted by atomic mass is 10.2. The fourth-order valence-electron chi connectivity index (χ4n) is 1.56. The van der Waals surface area contributed by atoms with Crippen molar-refractivity contribution >= 4 is 22.3 Å². The Morgan fingerprint density at radius 2 is 2.40 bits per heavy atom. The Hall–Kier alpha value is -1.36. The minimum absolute atomic E-state index is 0.322. The molecule has 2 heterocycles. The average molecular weight is 224 g/mol. The molecule has 4 nitrogen and oxygen atoms in total. The van der Waals surface area contributed by atoms with Crippen molar-refractivity contribution in [3.63, 3.8) is 0 Å². The van der Waals surface area contributed by atoms with Gasteiger partial charge in [0, 0.05) is 11.1 Å². The summed E-state index contributed by atoms with van der Waals surface area (Å²) in [5.74, 6) is -0.322. The van der Waals surface area contributed by atoms with Crippen molar-refractivity contribution in [2.75, 3.05) is 7.11 Å². The molecule has 0 saturated heterocycles.